The molecule has 1 aliphatic heterocycles. The number of amides is 3. The van der Waals surface area contributed by atoms with Crippen molar-refractivity contribution in [3.63, 3.8) is 0 Å². The van der Waals surface area contributed by atoms with Crippen LogP contribution in [0.25, 0.3) is 0 Å². The molecule has 0 unspecified atom stereocenters. The molecule has 9 heteroatoms. The summed E-state index contributed by atoms with van der Waals surface area (Å²) in [4.78, 5) is 63.0. The second kappa shape index (κ2) is 8.83. The lowest BCUT2D eigenvalue weighted by Gasteiger charge is -2.17. The molecule has 3 amide bonds. The van der Waals surface area contributed by atoms with Crippen LogP contribution in [0.2, 0.25) is 0 Å². The Morgan fingerprint density at radius 3 is 1.97 bits per heavy atom. The molecule has 3 aliphatic rings. The van der Waals surface area contributed by atoms with E-state index in [0.717, 1.165) is 6.42 Å². The predicted octanol–water partition coefficient (Wildman–Crippen LogP) is 2.58. The molecule has 2 aliphatic carbocycles. The number of esters is 2. The van der Waals surface area contributed by atoms with Crippen LogP contribution in [0.15, 0.2) is 60.7 Å². The van der Waals surface area contributed by atoms with E-state index in [1.165, 1.54) is 60.5 Å². The molecular formula is C26H22N2O7. The van der Waals surface area contributed by atoms with Crippen molar-refractivity contribution in [2.75, 3.05) is 23.9 Å². The fourth-order valence-electron chi connectivity index (χ4n) is 5.12. The molecule has 0 spiro atoms. The van der Waals surface area contributed by atoms with Gasteiger partial charge < -0.3 is 14.8 Å². The van der Waals surface area contributed by atoms with Gasteiger partial charge in [0.1, 0.15) is 0 Å². The third kappa shape index (κ3) is 3.99. The topological polar surface area (TPSA) is 119 Å². The monoisotopic (exact) mass is 474 g/mol. The number of nitrogens with zero attached hydrogens (tertiary/aromatic N) is 1. The predicted molar refractivity (Wildman–Crippen MR) is 123 cm³/mol. The summed E-state index contributed by atoms with van der Waals surface area (Å²) in [6.45, 7) is -0.512. The van der Waals surface area contributed by atoms with Crippen LogP contribution in [-0.2, 0) is 23.9 Å². The lowest BCUT2D eigenvalue weighted by atomic mass is 9.85. The van der Waals surface area contributed by atoms with Gasteiger partial charge in [-0.3, -0.25) is 19.3 Å². The number of methoxy groups -OCH3 is 1. The van der Waals surface area contributed by atoms with Gasteiger partial charge in [0.25, 0.3) is 5.91 Å². The highest BCUT2D eigenvalue weighted by molar-refractivity contribution is 6.22. The number of carbonyl (C=O) groups excluding carboxylic acids is 5. The van der Waals surface area contributed by atoms with Crippen LogP contribution < -0.4 is 10.2 Å². The number of allylic oxidation sites excluding steroid dienone is 2. The van der Waals surface area contributed by atoms with Gasteiger partial charge in [-0.15, -0.1) is 0 Å². The molecular weight excluding hydrogens is 452 g/mol. The van der Waals surface area contributed by atoms with Crippen LogP contribution in [0, 0.1) is 23.7 Å². The number of fused-ring (bicyclic) bond motifs is 5. The number of anilines is 2. The summed E-state index contributed by atoms with van der Waals surface area (Å²) >= 11 is 0. The molecule has 1 saturated heterocycles. The van der Waals surface area contributed by atoms with Crippen molar-refractivity contribution >= 4 is 41.0 Å². The standard InChI is InChI=1S/C26H22N2O7/c1-34-25(32)14-4-8-18(9-5-14)27-20(29)13-35-26(33)15-6-10-19(11-7-15)28-23(30)21-16-2-3-17(12-16)22(21)24(28)31/h2-11,16-17,21-22H,12-13H2,1H3,(H,27,29)/t16-,17-,21+,22+/m0/s1. The molecule has 178 valence electrons. The van der Waals surface area contributed by atoms with Crippen molar-refractivity contribution in [2.45, 2.75) is 6.42 Å². The average molecular weight is 474 g/mol. The van der Waals surface area contributed by atoms with Crippen molar-refractivity contribution in [1.82, 2.24) is 0 Å². The van der Waals surface area contributed by atoms with Crippen LogP contribution in [0.5, 0.6) is 0 Å². The third-order valence-electron chi connectivity index (χ3n) is 6.76. The van der Waals surface area contributed by atoms with E-state index in [1.54, 1.807) is 0 Å². The van der Waals surface area contributed by atoms with Crippen molar-refractivity contribution in [3.05, 3.63) is 71.8 Å². The molecule has 2 aromatic rings. The van der Waals surface area contributed by atoms with Crippen molar-refractivity contribution < 1.29 is 33.4 Å². The SMILES string of the molecule is COC(=O)c1ccc(NC(=O)COC(=O)c2ccc(N3C(=O)[C@H]4[C@H](C3=O)[C@H]3C=C[C@H]4C3)cc2)cc1. The molecule has 4 atom stereocenters. The molecule has 35 heavy (non-hydrogen) atoms. The highest BCUT2D eigenvalue weighted by Crippen LogP contribution is 2.53. The molecule has 1 saturated carbocycles. The molecule has 0 aromatic heterocycles. The van der Waals surface area contributed by atoms with Crippen LogP contribution >= 0.6 is 0 Å². The molecule has 0 radical (unpaired) electrons. The van der Waals surface area contributed by atoms with Crippen LogP contribution in [0.4, 0.5) is 11.4 Å². The first kappa shape index (κ1) is 22.5. The zero-order valence-corrected chi connectivity index (χ0v) is 18.8. The van der Waals surface area contributed by atoms with E-state index in [-0.39, 0.29) is 41.0 Å². The quantitative estimate of drug-likeness (QED) is 0.388. The number of benzene rings is 2. The summed E-state index contributed by atoms with van der Waals surface area (Å²) < 4.78 is 9.68. The third-order valence-corrected chi connectivity index (χ3v) is 6.76. The fraction of sp³-hybridized carbons (Fsp3) is 0.269. The zero-order chi connectivity index (χ0) is 24.7. The van der Waals surface area contributed by atoms with Gasteiger partial charge in [-0.2, -0.15) is 0 Å². The largest absolute Gasteiger partial charge is 0.465 e. The van der Waals surface area contributed by atoms with Gasteiger partial charge in [0, 0.05) is 5.69 Å². The first-order valence-electron chi connectivity index (χ1n) is 11.2. The Morgan fingerprint density at radius 2 is 1.40 bits per heavy atom. The minimum atomic E-state index is -0.717. The van der Waals surface area contributed by atoms with Gasteiger partial charge in [0.2, 0.25) is 11.8 Å². The van der Waals surface area contributed by atoms with Gasteiger partial charge >= 0.3 is 11.9 Å². The molecule has 9 nitrogen and oxygen atoms in total. The second-order valence-corrected chi connectivity index (χ2v) is 8.75. The van der Waals surface area contributed by atoms with Crippen LogP contribution in [0.1, 0.15) is 27.1 Å². The maximum Gasteiger partial charge on any atom is 0.338 e. The number of ether oxygens (including phenoxy) is 2. The normalized spacial score (nSPS) is 23.9. The maximum atomic E-state index is 12.9. The number of hydrogen-bond acceptors (Lipinski definition) is 7. The van der Waals surface area contributed by atoms with Gasteiger partial charge in [-0.25, -0.2) is 9.59 Å². The van der Waals surface area contributed by atoms with E-state index in [0.29, 0.717) is 16.9 Å². The highest BCUT2D eigenvalue weighted by atomic mass is 16.5. The molecule has 1 heterocycles. The van der Waals surface area contributed by atoms with E-state index >= 15 is 0 Å². The summed E-state index contributed by atoms with van der Waals surface area (Å²) in [7, 11) is 1.27. The van der Waals surface area contributed by atoms with Crippen molar-refractivity contribution in [3.8, 4) is 0 Å². The first-order valence-corrected chi connectivity index (χ1v) is 11.2. The fourth-order valence-corrected chi connectivity index (χ4v) is 5.12. The van der Waals surface area contributed by atoms with E-state index in [9.17, 15) is 24.0 Å². The van der Waals surface area contributed by atoms with Crippen LogP contribution in [0.3, 0.4) is 0 Å². The molecule has 2 bridgehead atoms. The van der Waals surface area contributed by atoms with E-state index in [4.69, 9.17) is 4.74 Å². The summed E-state index contributed by atoms with van der Waals surface area (Å²) in [6, 6.07) is 12.0. The first-order chi connectivity index (χ1) is 16.9. The average Bonchev–Trinajstić information content (AvgIpc) is 3.56. The lowest BCUT2D eigenvalue weighted by Crippen LogP contribution is -2.32. The Hall–Kier alpha value is -4.27. The summed E-state index contributed by atoms with van der Waals surface area (Å²) in [5.41, 5.74) is 1.37. The molecule has 5 rings (SSSR count). The number of hydrogen-bond donors (Lipinski definition) is 1. The smallest absolute Gasteiger partial charge is 0.338 e. The molecule has 2 fully saturated rings. The number of carbonyl (C=O) groups is 5. The molecule has 1 N–H and O–H groups in total. The number of nitrogens with one attached hydrogen (secondary N) is 1. The van der Waals surface area contributed by atoms with E-state index in [1.807, 2.05) is 12.2 Å². The van der Waals surface area contributed by atoms with Gasteiger partial charge in [0.15, 0.2) is 6.61 Å². The Morgan fingerprint density at radius 1 is 0.857 bits per heavy atom. The van der Waals surface area contributed by atoms with Gasteiger partial charge in [-0.05, 0) is 66.8 Å². The number of rotatable bonds is 6. The van der Waals surface area contributed by atoms with Crippen molar-refractivity contribution in [2.24, 2.45) is 23.7 Å². The second-order valence-electron chi connectivity index (χ2n) is 8.75. The summed E-state index contributed by atoms with van der Waals surface area (Å²) in [5, 5.41) is 2.57. The zero-order valence-electron chi connectivity index (χ0n) is 18.8. The summed E-state index contributed by atoms with van der Waals surface area (Å²) in [6.07, 6.45) is 4.93. The molecule has 2 aromatic carbocycles. The van der Waals surface area contributed by atoms with Crippen molar-refractivity contribution in [1.29, 1.82) is 0 Å². The Bertz CT molecular complexity index is 1220. The Kier molecular flexibility index (Phi) is 5.68. The van der Waals surface area contributed by atoms with E-state index in [2.05, 4.69) is 10.1 Å². The number of imide groups is 1. The highest BCUT2D eigenvalue weighted by Gasteiger charge is 2.59. The Labute approximate surface area is 200 Å². The lowest BCUT2D eigenvalue weighted by molar-refractivity contribution is -0.123. The van der Waals surface area contributed by atoms with Gasteiger partial charge in [0.05, 0.1) is 35.8 Å². The maximum absolute atomic E-state index is 12.9. The minimum absolute atomic E-state index is 0.123. The van der Waals surface area contributed by atoms with Gasteiger partial charge in [-0.1, -0.05) is 12.2 Å². The summed E-state index contributed by atoms with van der Waals surface area (Å²) in [5.74, 6) is -2.49. The van der Waals surface area contributed by atoms with Crippen LogP contribution in [-0.4, -0.2) is 43.4 Å². The Balaban J connectivity index is 1.16. The minimum Gasteiger partial charge on any atom is -0.465 e. The van der Waals surface area contributed by atoms with E-state index < -0.39 is 24.5 Å².